The molecule has 0 radical (unpaired) electrons. The highest BCUT2D eigenvalue weighted by molar-refractivity contribution is 7.84. The van der Waals surface area contributed by atoms with Crippen LogP contribution in [0.5, 0.6) is 0 Å². The molecule has 1 fully saturated rings. The Balaban J connectivity index is 2.03. The van der Waals surface area contributed by atoms with Gasteiger partial charge >= 0.3 is 0 Å². The van der Waals surface area contributed by atoms with E-state index in [1.807, 2.05) is 19.9 Å². The number of aromatic nitrogens is 2. The number of nitrogens with one attached hydrogen (secondary N) is 1. The lowest BCUT2D eigenvalue weighted by atomic mass is 10.0. The van der Waals surface area contributed by atoms with Gasteiger partial charge in [0.1, 0.15) is 0 Å². The van der Waals surface area contributed by atoms with Gasteiger partial charge in [-0.25, -0.2) is 9.97 Å². The van der Waals surface area contributed by atoms with Crippen LogP contribution in [0.3, 0.4) is 0 Å². The molecule has 2 heterocycles. The first-order valence-electron chi connectivity index (χ1n) is 6.06. The van der Waals surface area contributed by atoms with Crippen molar-refractivity contribution in [3.8, 4) is 0 Å². The Kier molecular flexibility index (Phi) is 4.23. The first kappa shape index (κ1) is 12.6. The number of hydrogen-bond acceptors (Lipinski definition) is 4. The predicted molar refractivity (Wildman–Crippen MR) is 68.4 cm³/mol. The van der Waals surface area contributed by atoms with Gasteiger partial charge in [0.2, 0.25) is 5.16 Å². The molecule has 0 amide bonds. The zero-order valence-electron chi connectivity index (χ0n) is 10.4. The van der Waals surface area contributed by atoms with E-state index in [1.165, 1.54) is 6.42 Å². The van der Waals surface area contributed by atoms with Crippen LogP contribution in [0.15, 0.2) is 11.2 Å². The summed E-state index contributed by atoms with van der Waals surface area (Å²) in [5, 5.41) is 3.83. The molecule has 1 N–H and O–H groups in total. The quantitative estimate of drug-likeness (QED) is 0.822. The van der Waals surface area contributed by atoms with Gasteiger partial charge in [0.15, 0.2) is 0 Å². The smallest absolute Gasteiger partial charge is 0.218 e. The van der Waals surface area contributed by atoms with Gasteiger partial charge in [-0.15, -0.1) is 0 Å². The minimum atomic E-state index is -1.06. The van der Waals surface area contributed by atoms with E-state index >= 15 is 0 Å². The Labute approximate surface area is 105 Å². The Morgan fingerprint density at radius 2 is 2.12 bits per heavy atom. The van der Waals surface area contributed by atoms with Crippen LogP contribution in [0.4, 0.5) is 0 Å². The normalized spacial score (nSPS) is 22.4. The van der Waals surface area contributed by atoms with Gasteiger partial charge in [-0.2, -0.15) is 0 Å². The summed E-state index contributed by atoms with van der Waals surface area (Å²) >= 11 is 0. The van der Waals surface area contributed by atoms with Crippen molar-refractivity contribution in [2.24, 2.45) is 5.92 Å². The molecule has 0 aromatic carbocycles. The Morgan fingerprint density at radius 3 is 2.71 bits per heavy atom. The molecule has 0 spiro atoms. The van der Waals surface area contributed by atoms with Crippen molar-refractivity contribution in [2.75, 3.05) is 18.8 Å². The van der Waals surface area contributed by atoms with Crippen molar-refractivity contribution in [1.82, 2.24) is 15.3 Å². The zero-order valence-corrected chi connectivity index (χ0v) is 11.2. The first-order chi connectivity index (χ1) is 8.15. The van der Waals surface area contributed by atoms with Crippen LogP contribution in [0.25, 0.3) is 0 Å². The third-order valence-corrected chi connectivity index (χ3v) is 4.32. The molecule has 0 aliphatic carbocycles. The van der Waals surface area contributed by atoms with Gasteiger partial charge in [-0.3, -0.25) is 4.21 Å². The van der Waals surface area contributed by atoms with Gasteiger partial charge < -0.3 is 5.32 Å². The first-order valence-corrected chi connectivity index (χ1v) is 7.38. The number of hydrogen-bond donors (Lipinski definition) is 1. The van der Waals surface area contributed by atoms with E-state index in [1.54, 1.807) is 0 Å². The van der Waals surface area contributed by atoms with Crippen LogP contribution in [-0.4, -0.2) is 33.0 Å². The lowest BCUT2D eigenvalue weighted by molar-refractivity contribution is 0.407. The lowest BCUT2D eigenvalue weighted by Gasteiger charge is -2.21. The predicted octanol–water partition coefficient (Wildman–Crippen LogP) is 1.20. The highest BCUT2D eigenvalue weighted by Gasteiger charge is 2.18. The second-order valence-electron chi connectivity index (χ2n) is 4.66. The van der Waals surface area contributed by atoms with E-state index in [0.717, 1.165) is 30.9 Å². The van der Waals surface area contributed by atoms with E-state index in [4.69, 9.17) is 0 Å². The lowest BCUT2D eigenvalue weighted by Crippen LogP contribution is -2.32. The summed E-state index contributed by atoms with van der Waals surface area (Å²) < 4.78 is 12.2. The molecular weight excluding hydrogens is 234 g/mol. The largest absolute Gasteiger partial charge is 0.316 e. The van der Waals surface area contributed by atoms with Crippen LogP contribution < -0.4 is 5.32 Å². The molecule has 17 heavy (non-hydrogen) atoms. The Hall–Kier alpha value is -0.810. The summed E-state index contributed by atoms with van der Waals surface area (Å²) in [7, 11) is -1.06. The van der Waals surface area contributed by atoms with E-state index < -0.39 is 10.8 Å². The molecule has 0 saturated carbocycles. The average molecular weight is 253 g/mol. The Morgan fingerprint density at radius 1 is 1.41 bits per heavy atom. The molecule has 1 aromatic heterocycles. The fourth-order valence-electron chi connectivity index (χ4n) is 2.15. The van der Waals surface area contributed by atoms with E-state index in [2.05, 4.69) is 15.3 Å². The second-order valence-corrected chi connectivity index (χ2v) is 6.05. The molecule has 0 unspecified atom stereocenters. The second kappa shape index (κ2) is 5.69. The van der Waals surface area contributed by atoms with Gasteiger partial charge in [-0.05, 0) is 51.8 Å². The number of piperidine rings is 1. The summed E-state index contributed by atoms with van der Waals surface area (Å²) in [6, 6.07) is 1.91. The molecule has 2 atom stereocenters. The molecule has 1 aliphatic heterocycles. The monoisotopic (exact) mass is 253 g/mol. The van der Waals surface area contributed by atoms with Gasteiger partial charge in [0.05, 0.1) is 10.8 Å². The summed E-state index contributed by atoms with van der Waals surface area (Å²) in [5.41, 5.74) is 1.78. The van der Waals surface area contributed by atoms with Crippen LogP contribution in [0.1, 0.15) is 24.2 Å². The zero-order chi connectivity index (χ0) is 12.3. The molecule has 2 rings (SSSR count). The highest BCUT2D eigenvalue weighted by Crippen LogP contribution is 2.14. The summed E-state index contributed by atoms with van der Waals surface area (Å²) in [5.74, 6) is 1.17. The third-order valence-electron chi connectivity index (χ3n) is 2.95. The molecular formula is C12H19N3OS. The van der Waals surface area contributed by atoms with Crippen molar-refractivity contribution < 1.29 is 4.21 Å². The molecule has 1 aliphatic rings. The minimum Gasteiger partial charge on any atom is -0.316 e. The standard InChI is InChI=1S/C12H19N3OS/c1-9-6-10(2)15-12(14-9)17(16)8-11-4-3-5-13-7-11/h6,11,13H,3-5,7-8H2,1-2H3/t11-,17-/m0/s1. The fraction of sp³-hybridized carbons (Fsp3) is 0.667. The van der Waals surface area contributed by atoms with Crippen LogP contribution in [0.2, 0.25) is 0 Å². The molecule has 1 aromatic rings. The number of aryl methyl sites for hydroxylation is 2. The van der Waals surface area contributed by atoms with Crippen molar-refractivity contribution in [2.45, 2.75) is 31.8 Å². The molecule has 94 valence electrons. The Bertz CT molecular complexity index is 396. The fourth-order valence-corrected chi connectivity index (χ4v) is 3.50. The van der Waals surface area contributed by atoms with Crippen molar-refractivity contribution in [3.63, 3.8) is 0 Å². The molecule has 5 heteroatoms. The SMILES string of the molecule is Cc1cc(C)nc([S@@](=O)C[C@H]2CCCNC2)n1. The minimum absolute atomic E-state index is 0.494. The molecule has 1 saturated heterocycles. The summed E-state index contributed by atoms with van der Waals surface area (Å²) in [6.45, 7) is 5.88. The van der Waals surface area contributed by atoms with Crippen molar-refractivity contribution in [3.05, 3.63) is 17.5 Å². The van der Waals surface area contributed by atoms with Crippen LogP contribution in [-0.2, 0) is 10.8 Å². The topological polar surface area (TPSA) is 54.9 Å². The van der Waals surface area contributed by atoms with Gasteiger partial charge in [0, 0.05) is 17.1 Å². The van der Waals surface area contributed by atoms with Crippen molar-refractivity contribution in [1.29, 1.82) is 0 Å². The van der Waals surface area contributed by atoms with Crippen molar-refractivity contribution >= 4 is 10.8 Å². The molecule has 0 bridgehead atoms. The number of nitrogens with zero attached hydrogens (tertiary/aromatic N) is 2. The average Bonchev–Trinajstić information content (AvgIpc) is 2.29. The number of rotatable bonds is 3. The highest BCUT2D eigenvalue weighted by atomic mass is 32.2. The van der Waals surface area contributed by atoms with Gasteiger partial charge in [0.25, 0.3) is 0 Å². The maximum atomic E-state index is 12.2. The summed E-state index contributed by atoms with van der Waals surface area (Å²) in [6.07, 6.45) is 2.33. The maximum Gasteiger partial charge on any atom is 0.218 e. The van der Waals surface area contributed by atoms with E-state index in [0.29, 0.717) is 16.8 Å². The van der Waals surface area contributed by atoms with E-state index in [-0.39, 0.29) is 0 Å². The third kappa shape index (κ3) is 3.57. The van der Waals surface area contributed by atoms with Crippen LogP contribution in [0, 0.1) is 19.8 Å². The van der Waals surface area contributed by atoms with Crippen LogP contribution >= 0.6 is 0 Å². The van der Waals surface area contributed by atoms with Gasteiger partial charge in [-0.1, -0.05) is 0 Å². The van der Waals surface area contributed by atoms with E-state index in [9.17, 15) is 4.21 Å². The molecule has 4 nitrogen and oxygen atoms in total. The maximum absolute atomic E-state index is 12.2. The summed E-state index contributed by atoms with van der Waals surface area (Å²) in [4.78, 5) is 8.54.